The van der Waals surface area contributed by atoms with E-state index in [4.69, 9.17) is 4.74 Å². The van der Waals surface area contributed by atoms with Crippen LogP contribution in [0.4, 0.5) is 5.69 Å². The molecule has 1 aromatic rings. The fourth-order valence-corrected chi connectivity index (χ4v) is 4.71. The predicted octanol–water partition coefficient (Wildman–Crippen LogP) is 2.47. The quantitative estimate of drug-likeness (QED) is 0.925. The first-order valence-corrected chi connectivity index (χ1v) is 9.26. The molecule has 5 heteroatoms. The lowest BCUT2D eigenvalue weighted by Crippen LogP contribution is -2.42. The number of hydrogen-bond donors (Lipinski definition) is 1. The third-order valence-electron chi connectivity index (χ3n) is 6.11. The van der Waals surface area contributed by atoms with Crippen LogP contribution in [-0.2, 0) is 9.53 Å². The second kappa shape index (κ2) is 6.81. The fraction of sp³-hybridized carbons (Fsp3) is 0.684. The summed E-state index contributed by atoms with van der Waals surface area (Å²) in [5, 5.41) is 3.08. The first-order valence-electron chi connectivity index (χ1n) is 9.26. The van der Waals surface area contributed by atoms with Gasteiger partial charge < -0.3 is 10.1 Å². The van der Waals surface area contributed by atoms with E-state index in [9.17, 15) is 4.79 Å². The van der Waals surface area contributed by atoms with Crippen molar-refractivity contribution in [3.63, 3.8) is 0 Å². The topological polar surface area (TPSA) is 54.5 Å². The number of nitrogens with one attached hydrogen (secondary N) is 1. The molecule has 3 aliphatic rings. The van der Waals surface area contributed by atoms with E-state index in [1.807, 2.05) is 19.1 Å². The Morgan fingerprint density at radius 3 is 2.92 bits per heavy atom. The molecule has 0 bridgehead atoms. The number of fused-ring (bicyclic) bond motifs is 1. The van der Waals surface area contributed by atoms with Crippen molar-refractivity contribution in [1.82, 2.24) is 9.88 Å². The highest BCUT2D eigenvalue weighted by molar-refractivity contribution is 5.93. The number of pyridine rings is 1. The summed E-state index contributed by atoms with van der Waals surface area (Å²) in [7, 11) is 0. The SMILES string of the molecule is Cc1ncccc1NC(=O)[C@H]1COC[C@H]2CN(C3CCCC3)C[C@H]21. The molecule has 4 rings (SSSR count). The van der Waals surface area contributed by atoms with Crippen LogP contribution in [0, 0.1) is 24.7 Å². The number of hydrogen-bond acceptors (Lipinski definition) is 4. The molecule has 0 aromatic carbocycles. The van der Waals surface area contributed by atoms with Crippen molar-refractivity contribution in [2.24, 2.45) is 17.8 Å². The average Bonchev–Trinajstić information content (AvgIpc) is 3.25. The Hall–Kier alpha value is -1.46. The minimum Gasteiger partial charge on any atom is -0.380 e. The Bertz CT molecular complexity index is 600. The number of carbonyl (C=O) groups excluding carboxylic acids is 1. The number of carbonyl (C=O) groups is 1. The van der Waals surface area contributed by atoms with Gasteiger partial charge in [-0.25, -0.2) is 0 Å². The third-order valence-corrected chi connectivity index (χ3v) is 6.11. The highest BCUT2D eigenvalue weighted by Gasteiger charge is 2.45. The first kappa shape index (κ1) is 16.0. The summed E-state index contributed by atoms with van der Waals surface area (Å²) in [6, 6.07) is 4.51. The van der Waals surface area contributed by atoms with Gasteiger partial charge in [-0.1, -0.05) is 12.8 Å². The van der Waals surface area contributed by atoms with E-state index in [1.165, 1.54) is 25.7 Å². The Morgan fingerprint density at radius 1 is 1.29 bits per heavy atom. The summed E-state index contributed by atoms with van der Waals surface area (Å²) in [5.41, 5.74) is 1.67. The average molecular weight is 329 g/mol. The molecular formula is C19H27N3O2. The van der Waals surface area contributed by atoms with Gasteiger partial charge in [-0.15, -0.1) is 0 Å². The van der Waals surface area contributed by atoms with E-state index in [2.05, 4.69) is 15.2 Å². The zero-order valence-electron chi connectivity index (χ0n) is 14.4. The van der Waals surface area contributed by atoms with Gasteiger partial charge in [0.25, 0.3) is 0 Å². The molecule has 2 saturated heterocycles. The highest BCUT2D eigenvalue weighted by Crippen LogP contribution is 2.38. The lowest BCUT2D eigenvalue weighted by Gasteiger charge is -2.32. The van der Waals surface area contributed by atoms with Crippen LogP contribution in [0.2, 0.25) is 0 Å². The van der Waals surface area contributed by atoms with Crippen LogP contribution in [0.25, 0.3) is 0 Å². The smallest absolute Gasteiger partial charge is 0.230 e. The Kier molecular flexibility index (Phi) is 4.55. The van der Waals surface area contributed by atoms with Gasteiger partial charge in [0.15, 0.2) is 0 Å². The number of aromatic nitrogens is 1. The van der Waals surface area contributed by atoms with Crippen LogP contribution in [0.3, 0.4) is 0 Å². The monoisotopic (exact) mass is 329 g/mol. The second-order valence-electron chi connectivity index (χ2n) is 7.59. The molecule has 3 heterocycles. The Morgan fingerprint density at radius 2 is 2.12 bits per heavy atom. The molecule has 0 radical (unpaired) electrons. The van der Waals surface area contributed by atoms with Crippen molar-refractivity contribution < 1.29 is 9.53 Å². The second-order valence-corrected chi connectivity index (χ2v) is 7.59. The molecule has 0 spiro atoms. The van der Waals surface area contributed by atoms with Crippen molar-refractivity contribution in [3.05, 3.63) is 24.0 Å². The van der Waals surface area contributed by atoms with E-state index in [0.29, 0.717) is 18.4 Å². The number of aryl methyl sites for hydroxylation is 1. The number of likely N-dealkylation sites (tertiary alicyclic amines) is 1. The lowest BCUT2D eigenvalue weighted by atomic mass is 9.82. The van der Waals surface area contributed by atoms with E-state index in [-0.39, 0.29) is 11.8 Å². The molecular weight excluding hydrogens is 302 g/mol. The minimum absolute atomic E-state index is 0.0465. The van der Waals surface area contributed by atoms with Crippen molar-refractivity contribution >= 4 is 11.6 Å². The minimum atomic E-state index is -0.0465. The maximum Gasteiger partial charge on any atom is 0.230 e. The standard InChI is InChI=1S/C19H27N3O2/c1-13-18(7-4-8-20-13)21-19(23)17-12-24-11-14-9-22(10-16(14)17)15-5-2-3-6-15/h4,7-8,14-17H,2-3,5-6,9-12H2,1H3,(H,21,23)/t14-,16-,17+/m1/s1. The normalized spacial score (nSPS) is 31.1. The fourth-order valence-electron chi connectivity index (χ4n) is 4.71. The molecule has 1 amide bonds. The van der Waals surface area contributed by atoms with Gasteiger partial charge in [0, 0.05) is 25.3 Å². The Balaban J connectivity index is 1.44. The summed E-state index contributed by atoms with van der Waals surface area (Å²) in [6.07, 6.45) is 7.12. The van der Waals surface area contributed by atoms with Gasteiger partial charge in [0.1, 0.15) is 0 Å². The van der Waals surface area contributed by atoms with Gasteiger partial charge in [0.2, 0.25) is 5.91 Å². The molecule has 1 saturated carbocycles. The summed E-state index contributed by atoms with van der Waals surface area (Å²) in [6.45, 7) is 5.44. The van der Waals surface area contributed by atoms with Crippen LogP contribution in [0.1, 0.15) is 31.4 Å². The summed E-state index contributed by atoms with van der Waals surface area (Å²) in [5.74, 6) is 0.977. The van der Waals surface area contributed by atoms with Gasteiger partial charge in [-0.3, -0.25) is 14.7 Å². The maximum absolute atomic E-state index is 12.9. The summed E-state index contributed by atoms with van der Waals surface area (Å²) >= 11 is 0. The number of rotatable bonds is 3. The number of nitrogens with zero attached hydrogens (tertiary/aromatic N) is 2. The maximum atomic E-state index is 12.9. The lowest BCUT2D eigenvalue weighted by molar-refractivity contribution is -0.128. The van der Waals surface area contributed by atoms with Gasteiger partial charge in [0.05, 0.1) is 30.5 Å². The van der Waals surface area contributed by atoms with E-state index >= 15 is 0 Å². The molecule has 1 N–H and O–H groups in total. The molecule has 0 unspecified atom stereocenters. The van der Waals surface area contributed by atoms with Crippen molar-refractivity contribution in [1.29, 1.82) is 0 Å². The van der Waals surface area contributed by atoms with Crippen molar-refractivity contribution in [3.8, 4) is 0 Å². The summed E-state index contributed by atoms with van der Waals surface area (Å²) in [4.78, 5) is 19.7. The van der Waals surface area contributed by atoms with E-state index < -0.39 is 0 Å². The molecule has 1 aliphatic carbocycles. The first-order chi connectivity index (χ1) is 11.7. The number of amides is 1. The molecule has 24 heavy (non-hydrogen) atoms. The van der Waals surface area contributed by atoms with Crippen LogP contribution in [0.15, 0.2) is 18.3 Å². The van der Waals surface area contributed by atoms with Crippen LogP contribution >= 0.6 is 0 Å². The van der Waals surface area contributed by atoms with Gasteiger partial charge in [-0.05, 0) is 43.7 Å². The Labute approximate surface area is 143 Å². The van der Waals surface area contributed by atoms with Crippen molar-refractivity contribution in [2.45, 2.75) is 38.6 Å². The van der Waals surface area contributed by atoms with E-state index in [1.54, 1.807) is 6.20 Å². The molecule has 3 fully saturated rings. The van der Waals surface area contributed by atoms with Crippen LogP contribution in [0.5, 0.6) is 0 Å². The van der Waals surface area contributed by atoms with Crippen LogP contribution < -0.4 is 5.32 Å². The van der Waals surface area contributed by atoms with Crippen LogP contribution in [-0.4, -0.2) is 48.1 Å². The highest BCUT2D eigenvalue weighted by atomic mass is 16.5. The van der Waals surface area contributed by atoms with Gasteiger partial charge in [-0.2, -0.15) is 0 Å². The molecule has 3 atom stereocenters. The summed E-state index contributed by atoms with van der Waals surface area (Å²) < 4.78 is 5.79. The van der Waals surface area contributed by atoms with Crippen molar-refractivity contribution in [2.75, 3.05) is 31.6 Å². The number of anilines is 1. The molecule has 5 nitrogen and oxygen atoms in total. The third kappa shape index (κ3) is 3.07. The molecule has 1 aromatic heterocycles. The number of ether oxygens (including phenoxy) is 1. The van der Waals surface area contributed by atoms with Gasteiger partial charge >= 0.3 is 0 Å². The zero-order chi connectivity index (χ0) is 16.5. The van der Waals surface area contributed by atoms with E-state index in [0.717, 1.165) is 37.1 Å². The zero-order valence-corrected chi connectivity index (χ0v) is 14.4. The molecule has 130 valence electrons. The molecule has 2 aliphatic heterocycles. The largest absolute Gasteiger partial charge is 0.380 e. The predicted molar refractivity (Wildman–Crippen MR) is 92.7 cm³/mol.